The van der Waals surface area contributed by atoms with Gasteiger partial charge < -0.3 is 4.74 Å². The van der Waals surface area contributed by atoms with E-state index in [-0.39, 0.29) is 10.8 Å². The van der Waals surface area contributed by atoms with Crippen molar-refractivity contribution >= 4 is 21.9 Å². The Balaban J connectivity index is 2.15. The topological polar surface area (TPSA) is 26.3 Å². The lowest BCUT2D eigenvalue weighted by atomic mass is 10.1. The van der Waals surface area contributed by atoms with Crippen LogP contribution in [0.3, 0.4) is 0 Å². The number of carbonyl (C=O) groups is 1. The molecule has 0 saturated heterocycles. The first-order chi connectivity index (χ1) is 7.74. The fourth-order valence-corrected chi connectivity index (χ4v) is 1.48. The van der Waals surface area contributed by atoms with Gasteiger partial charge in [-0.2, -0.15) is 0 Å². The van der Waals surface area contributed by atoms with Gasteiger partial charge in [-0.1, -0.05) is 53.2 Å². The second kappa shape index (κ2) is 7.44. The molecule has 1 aromatic rings. The SMILES string of the molecule is CCC(Br)C(=O)OCCCc1ccccc1. The zero-order valence-corrected chi connectivity index (χ0v) is 11.1. The molecule has 0 fully saturated rings. The largest absolute Gasteiger partial charge is 0.465 e. The maximum atomic E-state index is 11.3. The van der Waals surface area contributed by atoms with Gasteiger partial charge in [0.25, 0.3) is 0 Å². The average Bonchev–Trinajstić information content (AvgIpc) is 2.34. The van der Waals surface area contributed by atoms with Crippen molar-refractivity contribution in [2.45, 2.75) is 31.0 Å². The molecule has 0 aliphatic rings. The van der Waals surface area contributed by atoms with Crippen LogP contribution in [0.1, 0.15) is 25.3 Å². The third-order valence-electron chi connectivity index (χ3n) is 2.31. The summed E-state index contributed by atoms with van der Waals surface area (Å²) >= 11 is 3.26. The predicted molar refractivity (Wildman–Crippen MR) is 68.7 cm³/mol. The van der Waals surface area contributed by atoms with Gasteiger partial charge in [0.15, 0.2) is 0 Å². The second-order valence-electron chi connectivity index (χ2n) is 3.63. The zero-order valence-electron chi connectivity index (χ0n) is 9.49. The number of ether oxygens (including phenoxy) is 1. The van der Waals surface area contributed by atoms with E-state index in [1.165, 1.54) is 5.56 Å². The molecule has 1 atom stereocenters. The molecule has 0 N–H and O–H groups in total. The molecule has 0 aliphatic carbocycles. The maximum absolute atomic E-state index is 11.3. The minimum absolute atomic E-state index is 0.157. The standard InChI is InChI=1S/C13H17BrO2/c1-2-12(14)13(15)16-10-6-9-11-7-4-3-5-8-11/h3-5,7-8,12H,2,6,9-10H2,1H3. The first kappa shape index (κ1) is 13.2. The first-order valence-corrected chi connectivity index (χ1v) is 6.50. The lowest BCUT2D eigenvalue weighted by Crippen LogP contribution is -2.17. The summed E-state index contributed by atoms with van der Waals surface area (Å²) in [6, 6.07) is 10.2. The van der Waals surface area contributed by atoms with E-state index in [9.17, 15) is 4.79 Å². The normalized spacial score (nSPS) is 12.1. The van der Waals surface area contributed by atoms with Crippen molar-refractivity contribution in [3.63, 3.8) is 0 Å². The molecule has 16 heavy (non-hydrogen) atoms. The summed E-state index contributed by atoms with van der Waals surface area (Å²) in [5.41, 5.74) is 1.28. The van der Waals surface area contributed by atoms with E-state index in [2.05, 4.69) is 28.1 Å². The number of hydrogen-bond donors (Lipinski definition) is 0. The van der Waals surface area contributed by atoms with Gasteiger partial charge in [-0.15, -0.1) is 0 Å². The van der Waals surface area contributed by atoms with Crippen LogP contribution < -0.4 is 0 Å². The number of carbonyl (C=O) groups excluding carboxylic acids is 1. The predicted octanol–water partition coefficient (Wildman–Crippen LogP) is 3.34. The summed E-state index contributed by atoms with van der Waals surface area (Å²) < 4.78 is 5.13. The van der Waals surface area contributed by atoms with Gasteiger partial charge in [-0.3, -0.25) is 4.79 Å². The molecule has 0 spiro atoms. The third-order valence-corrected chi connectivity index (χ3v) is 3.33. The molecule has 2 nitrogen and oxygen atoms in total. The van der Waals surface area contributed by atoms with Crippen molar-refractivity contribution in [3.05, 3.63) is 35.9 Å². The number of halogens is 1. The van der Waals surface area contributed by atoms with E-state index in [0.29, 0.717) is 6.61 Å². The summed E-state index contributed by atoms with van der Waals surface area (Å²) in [6.45, 7) is 2.44. The second-order valence-corrected chi connectivity index (χ2v) is 4.74. The van der Waals surface area contributed by atoms with Crippen molar-refractivity contribution < 1.29 is 9.53 Å². The number of rotatable bonds is 6. The third kappa shape index (κ3) is 4.79. The molecule has 0 saturated carbocycles. The molecule has 1 aromatic carbocycles. The van der Waals surface area contributed by atoms with Gasteiger partial charge in [0, 0.05) is 0 Å². The molecule has 0 aromatic heterocycles. The highest BCUT2D eigenvalue weighted by Crippen LogP contribution is 2.07. The van der Waals surface area contributed by atoms with Crippen molar-refractivity contribution in [1.82, 2.24) is 0 Å². The smallest absolute Gasteiger partial charge is 0.319 e. The van der Waals surface area contributed by atoms with Gasteiger partial charge in [-0.05, 0) is 24.8 Å². The minimum atomic E-state index is -0.163. The van der Waals surface area contributed by atoms with Crippen LogP contribution in [0.2, 0.25) is 0 Å². The van der Waals surface area contributed by atoms with Crippen LogP contribution in [0, 0.1) is 0 Å². The van der Waals surface area contributed by atoms with E-state index in [1.807, 2.05) is 25.1 Å². The summed E-state index contributed by atoms with van der Waals surface area (Å²) in [7, 11) is 0. The average molecular weight is 285 g/mol. The van der Waals surface area contributed by atoms with Crippen LogP contribution in [0.15, 0.2) is 30.3 Å². The summed E-state index contributed by atoms with van der Waals surface area (Å²) in [5.74, 6) is -0.157. The Hall–Kier alpha value is -0.830. The number of esters is 1. The Labute approximate surface area is 105 Å². The maximum Gasteiger partial charge on any atom is 0.319 e. The monoisotopic (exact) mass is 284 g/mol. The van der Waals surface area contributed by atoms with Crippen molar-refractivity contribution in [1.29, 1.82) is 0 Å². The number of alkyl halides is 1. The Kier molecular flexibility index (Phi) is 6.16. The fourth-order valence-electron chi connectivity index (χ4n) is 1.35. The van der Waals surface area contributed by atoms with E-state index >= 15 is 0 Å². The van der Waals surface area contributed by atoms with Crippen molar-refractivity contribution in [3.8, 4) is 0 Å². The van der Waals surface area contributed by atoms with Crippen molar-refractivity contribution in [2.75, 3.05) is 6.61 Å². The van der Waals surface area contributed by atoms with E-state index in [0.717, 1.165) is 19.3 Å². The Morgan fingerprint density at radius 1 is 1.38 bits per heavy atom. The van der Waals surface area contributed by atoms with Gasteiger partial charge in [0.05, 0.1) is 6.61 Å². The summed E-state index contributed by atoms with van der Waals surface area (Å²) in [4.78, 5) is 11.2. The molecule has 0 heterocycles. The molecular weight excluding hydrogens is 268 g/mol. The number of benzene rings is 1. The number of hydrogen-bond acceptors (Lipinski definition) is 2. The molecule has 1 unspecified atom stereocenters. The lowest BCUT2D eigenvalue weighted by molar-refractivity contribution is -0.142. The molecule has 0 radical (unpaired) electrons. The highest BCUT2D eigenvalue weighted by Gasteiger charge is 2.12. The van der Waals surface area contributed by atoms with Crippen LogP contribution in [0.4, 0.5) is 0 Å². The van der Waals surface area contributed by atoms with Gasteiger partial charge in [0.2, 0.25) is 0 Å². The van der Waals surface area contributed by atoms with Crippen LogP contribution in [-0.2, 0) is 16.0 Å². The Bertz CT molecular complexity index is 311. The van der Waals surface area contributed by atoms with Gasteiger partial charge in [0.1, 0.15) is 4.83 Å². The first-order valence-electron chi connectivity index (χ1n) is 5.58. The Morgan fingerprint density at radius 3 is 2.69 bits per heavy atom. The van der Waals surface area contributed by atoms with E-state index < -0.39 is 0 Å². The summed E-state index contributed by atoms with van der Waals surface area (Å²) in [6.07, 6.45) is 2.59. The van der Waals surface area contributed by atoms with Crippen molar-refractivity contribution in [2.24, 2.45) is 0 Å². The highest BCUT2D eigenvalue weighted by atomic mass is 79.9. The van der Waals surface area contributed by atoms with E-state index in [4.69, 9.17) is 4.74 Å². The number of aryl methyl sites for hydroxylation is 1. The molecule has 88 valence electrons. The molecule has 0 aliphatic heterocycles. The minimum Gasteiger partial charge on any atom is -0.465 e. The molecule has 0 bridgehead atoms. The summed E-state index contributed by atoms with van der Waals surface area (Å²) in [5, 5.41) is 0. The van der Waals surface area contributed by atoms with Crippen LogP contribution in [0.25, 0.3) is 0 Å². The van der Waals surface area contributed by atoms with Crippen LogP contribution in [0.5, 0.6) is 0 Å². The van der Waals surface area contributed by atoms with E-state index in [1.54, 1.807) is 0 Å². The molecule has 3 heteroatoms. The Morgan fingerprint density at radius 2 is 2.06 bits per heavy atom. The van der Waals surface area contributed by atoms with Crippen LogP contribution in [-0.4, -0.2) is 17.4 Å². The van der Waals surface area contributed by atoms with Crippen LogP contribution >= 0.6 is 15.9 Å². The van der Waals surface area contributed by atoms with Gasteiger partial charge >= 0.3 is 5.97 Å². The molecule has 0 amide bonds. The molecular formula is C13H17BrO2. The molecule has 1 rings (SSSR count). The fraction of sp³-hybridized carbons (Fsp3) is 0.462. The highest BCUT2D eigenvalue weighted by molar-refractivity contribution is 9.10. The zero-order chi connectivity index (χ0) is 11.8. The lowest BCUT2D eigenvalue weighted by Gasteiger charge is -2.07. The van der Waals surface area contributed by atoms with Gasteiger partial charge in [-0.25, -0.2) is 0 Å². The quantitative estimate of drug-likeness (QED) is 0.455.